The van der Waals surface area contributed by atoms with E-state index in [2.05, 4.69) is 4.98 Å². The molecule has 0 N–H and O–H groups in total. The SMILES string of the molecule is CN(C(=O)CCC#N)c1ccncc1. The summed E-state index contributed by atoms with van der Waals surface area (Å²) in [5.74, 6) is -0.0576. The number of nitrogens with zero attached hydrogens (tertiary/aromatic N) is 3. The first-order chi connectivity index (χ1) is 6.75. The summed E-state index contributed by atoms with van der Waals surface area (Å²) >= 11 is 0. The molecule has 0 bridgehead atoms. The molecule has 4 nitrogen and oxygen atoms in total. The van der Waals surface area contributed by atoms with Gasteiger partial charge in [0.05, 0.1) is 6.07 Å². The Morgan fingerprint density at radius 2 is 2.21 bits per heavy atom. The third-order valence-electron chi connectivity index (χ3n) is 1.87. The highest BCUT2D eigenvalue weighted by Gasteiger charge is 2.09. The highest BCUT2D eigenvalue weighted by molar-refractivity contribution is 5.92. The van der Waals surface area contributed by atoms with Crippen molar-refractivity contribution >= 4 is 11.6 Å². The Kier molecular flexibility index (Phi) is 3.62. The third kappa shape index (κ3) is 2.56. The van der Waals surface area contributed by atoms with Crippen LogP contribution in [0.2, 0.25) is 0 Å². The normalized spacial score (nSPS) is 9.14. The second kappa shape index (κ2) is 4.97. The van der Waals surface area contributed by atoms with E-state index in [0.29, 0.717) is 0 Å². The maximum atomic E-state index is 11.5. The summed E-state index contributed by atoms with van der Waals surface area (Å²) < 4.78 is 0. The van der Waals surface area contributed by atoms with Crippen LogP contribution in [0.15, 0.2) is 24.5 Å². The average molecular weight is 189 g/mol. The van der Waals surface area contributed by atoms with Crippen molar-refractivity contribution in [2.24, 2.45) is 0 Å². The Bertz CT molecular complexity index is 342. The van der Waals surface area contributed by atoms with Gasteiger partial charge in [-0.25, -0.2) is 0 Å². The lowest BCUT2D eigenvalue weighted by Crippen LogP contribution is -2.25. The zero-order chi connectivity index (χ0) is 10.4. The fourth-order valence-electron chi connectivity index (χ4n) is 1.04. The van der Waals surface area contributed by atoms with Crippen LogP contribution in [0.4, 0.5) is 5.69 Å². The van der Waals surface area contributed by atoms with Gasteiger partial charge in [0.2, 0.25) is 5.91 Å². The molecule has 0 fully saturated rings. The smallest absolute Gasteiger partial charge is 0.227 e. The van der Waals surface area contributed by atoms with Crippen LogP contribution in [0.3, 0.4) is 0 Å². The predicted octanol–water partition coefficient (Wildman–Crippen LogP) is 1.35. The van der Waals surface area contributed by atoms with Gasteiger partial charge in [-0.3, -0.25) is 9.78 Å². The topological polar surface area (TPSA) is 57.0 Å². The fourth-order valence-corrected chi connectivity index (χ4v) is 1.04. The van der Waals surface area contributed by atoms with E-state index in [9.17, 15) is 4.79 Å². The van der Waals surface area contributed by atoms with Crippen molar-refractivity contribution in [2.75, 3.05) is 11.9 Å². The molecule has 0 atom stereocenters. The van der Waals surface area contributed by atoms with Gasteiger partial charge in [-0.1, -0.05) is 0 Å². The maximum absolute atomic E-state index is 11.5. The van der Waals surface area contributed by atoms with Crippen molar-refractivity contribution in [3.63, 3.8) is 0 Å². The molecule has 0 spiro atoms. The number of carbonyl (C=O) groups is 1. The molecule has 1 amide bonds. The van der Waals surface area contributed by atoms with Gasteiger partial charge in [0.25, 0.3) is 0 Å². The average Bonchev–Trinajstić information content (AvgIpc) is 2.26. The summed E-state index contributed by atoms with van der Waals surface area (Å²) in [5.41, 5.74) is 0.794. The summed E-state index contributed by atoms with van der Waals surface area (Å²) in [6.07, 6.45) is 3.77. The van der Waals surface area contributed by atoms with Crippen molar-refractivity contribution in [1.82, 2.24) is 4.98 Å². The van der Waals surface area contributed by atoms with Crippen LogP contribution >= 0.6 is 0 Å². The molecule has 1 aromatic rings. The Morgan fingerprint density at radius 3 is 2.79 bits per heavy atom. The van der Waals surface area contributed by atoms with Crippen LogP contribution < -0.4 is 4.90 Å². The number of aromatic nitrogens is 1. The van der Waals surface area contributed by atoms with Crippen LogP contribution in [-0.2, 0) is 4.79 Å². The molecular weight excluding hydrogens is 178 g/mol. The van der Waals surface area contributed by atoms with Gasteiger partial charge in [-0.05, 0) is 12.1 Å². The molecule has 1 heterocycles. The Morgan fingerprint density at radius 1 is 1.57 bits per heavy atom. The zero-order valence-electron chi connectivity index (χ0n) is 7.97. The van der Waals surface area contributed by atoms with Crippen molar-refractivity contribution in [1.29, 1.82) is 5.26 Å². The van der Waals surface area contributed by atoms with Crippen LogP contribution in [0.25, 0.3) is 0 Å². The number of hydrogen-bond donors (Lipinski definition) is 0. The van der Waals surface area contributed by atoms with E-state index < -0.39 is 0 Å². The largest absolute Gasteiger partial charge is 0.315 e. The first-order valence-electron chi connectivity index (χ1n) is 4.29. The minimum absolute atomic E-state index is 0.0576. The van der Waals surface area contributed by atoms with E-state index in [4.69, 9.17) is 5.26 Å². The number of carbonyl (C=O) groups excluding carboxylic acids is 1. The van der Waals surface area contributed by atoms with Crippen LogP contribution in [0.1, 0.15) is 12.8 Å². The highest BCUT2D eigenvalue weighted by atomic mass is 16.2. The highest BCUT2D eigenvalue weighted by Crippen LogP contribution is 2.11. The van der Waals surface area contributed by atoms with Crippen LogP contribution in [-0.4, -0.2) is 17.9 Å². The second-order valence-corrected chi connectivity index (χ2v) is 2.82. The number of amides is 1. The minimum atomic E-state index is -0.0576. The van der Waals surface area contributed by atoms with E-state index >= 15 is 0 Å². The minimum Gasteiger partial charge on any atom is -0.315 e. The molecule has 14 heavy (non-hydrogen) atoms. The third-order valence-corrected chi connectivity index (χ3v) is 1.87. The van der Waals surface area contributed by atoms with Gasteiger partial charge >= 0.3 is 0 Å². The van der Waals surface area contributed by atoms with Crippen molar-refractivity contribution < 1.29 is 4.79 Å². The molecule has 1 aromatic heterocycles. The molecule has 0 aliphatic carbocycles. The maximum Gasteiger partial charge on any atom is 0.227 e. The summed E-state index contributed by atoms with van der Waals surface area (Å²) in [4.78, 5) is 16.8. The van der Waals surface area contributed by atoms with Gasteiger partial charge in [-0.2, -0.15) is 5.26 Å². The molecule has 0 aromatic carbocycles. The molecule has 0 unspecified atom stereocenters. The second-order valence-electron chi connectivity index (χ2n) is 2.82. The number of rotatable bonds is 3. The van der Waals surface area contributed by atoms with Gasteiger partial charge in [0, 0.05) is 38.0 Å². The lowest BCUT2D eigenvalue weighted by atomic mass is 10.3. The van der Waals surface area contributed by atoms with Gasteiger partial charge < -0.3 is 4.90 Å². The lowest BCUT2D eigenvalue weighted by Gasteiger charge is -2.15. The number of pyridine rings is 1. The van der Waals surface area contributed by atoms with Crippen molar-refractivity contribution in [2.45, 2.75) is 12.8 Å². The van der Waals surface area contributed by atoms with Crippen molar-refractivity contribution in [3.8, 4) is 6.07 Å². The Labute approximate surface area is 82.8 Å². The van der Waals surface area contributed by atoms with E-state index in [1.807, 2.05) is 6.07 Å². The number of nitriles is 1. The van der Waals surface area contributed by atoms with Crippen LogP contribution in [0.5, 0.6) is 0 Å². The van der Waals surface area contributed by atoms with E-state index in [-0.39, 0.29) is 18.7 Å². The first kappa shape index (κ1) is 10.2. The predicted molar refractivity (Wildman–Crippen MR) is 52.5 cm³/mol. The summed E-state index contributed by atoms with van der Waals surface area (Å²) in [7, 11) is 1.69. The fraction of sp³-hybridized carbons (Fsp3) is 0.300. The number of hydrogen-bond acceptors (Lipinski definition) is 3. The summed E-state index contributed by atoms with van der Waals surface area (Å²) in [5, 5.41) is 8.34. The Hall–Kier alpha value is -1.89. The summed E-state index contributed by atoms with van der Waals surface area (Å²) in [6, 6.07) is 5.45. The first-order valence-corrected chi connectivity index (χ1v) is 4.29. The van der Waals surface area contributed by atoms with E-state index in [0.717, 1.165) is 5.69 Å². The molecule has 0 aliphatic heterocycles. The van der Waals surface area contributed by atoms with Crippen LogP contribution in [0, 0.1) is 11.3 Å². The zero-order valence-corrected chi connectivity index (χ0v) is 7.97. The standard InChI is InChI=1S/C10H11N3O/c1-13(10(14)3-2-6-11)9-4-7-12-8-5-9/h4-5,7-8H,2-3H2,1H3. The molecule has 0 radical (unpaired) electrons. The van der Waals surface area contributed by atoms with E-state index in [1.54, 1.807) is 31.6 Å². The Balaban J connectivity index is 2.62. The van der Waals surface area contributed by atoms with E-state index in [1.165, 1.54) is 4.90 Å². The molecule has 0 aliphatic rings. The molecule has 1 rings (SSSR count). The summed E-state index contributed by atoms with van der Waals surface area (Å²) in [6.45, 7) is 0. The van der Waals surface area contributed by atoms with Gasteiger partial charge in [-0.15, -0.1) is 0 Å². The molecule has 72 valence electrons. The molecular formula is C10H11N3O. The molecule has 0 saturated heterocycles. The molecule has 0 saturated carbocycles. The quantitative estimate of drug-likeness (QED) is 0.721. The molecule has 4 heteroatoms. The number of anilines is 1. The monoisotopic (exact) mass is 189 g/mol. The van der Waals surface area contributed by atoms with Gasteiger partial charge in [0.15, 0.2) is 0 Å². The van der Waals surface area contributed by atoms with Crippen molar-refractivity contribution in [3.05, 3.63) is 24.5 Å². The lowest BCUT2D eigenvalue weighted by molar-refractivity contribution is -0.118. The van der Waals surface area contributed by atoms with Gasteiger partial charge in [0.1, 0.15) is 0 Å².